The van der Waals surface area contributed by atoms with Gasteiger partial charge in [-0.25, -0.2) is 0 Å². The van der Waals surface area contributed by atoms with Crippen molar-refractivity contribution in [2.75, 3.05) is 13.1 Å². The molecule has 0 unspecified atom stereocenters. The van der Waals surface area contributed by atoms with Gasteiger partial charge in [0.2, 0.25) is 11.8 Å². The van der Waals surface area contributed by atoms with E-state index in [0.29, 0.717) is 6.54 Å². The third kappa shape index (κ3) is 7.74. The number of nitrogens with zero attached hydrogens (tertiary/aromatic N) is 1. The van der Waals surface area contributed by atoms with E-state index in [9.17, 15) is 9.59 Å². The first-order valence-electron chi connectivity index (χ1n) is 6.01. The average molecular weight is 243 g/mol. The van der Waals surface area contributed by atoms with Gasteiger partial charge in [0.1, 0.15) is 0 Å². The number of likely N-dealkylation sites (N-methyl/N-ethyl adjacent to an activating group) is 1. The number of carbonyl (C=O) groups is 2. The lowest BCUT2D eigenvalue weighted by atomic mass is 10.0. The summed E-state index contributed by atoms with van der Waals surface area (Å²) in [6, 6.07) is 0.0854. The molecule has 2 amide bonds. The first-order valence-corrected chi connectivity index (χ1v) is 6.01. The molecule has 0 aromatic carbocycles. The van der Waals surface area contributed by atoms with Crippen LogP contribution in [0.1, 0.15) is 41.0 Å². The molecule has 0 aromatic rings. The van der Waals surface area contributed by atoms with Crippen molar-refractivity contribution in [1.82, 2.24) is 10.2 Å². The zero-order valence-electron chi connectivity index (χ0n) is 11.5. The Bertz CT molecular complexity index is 269. The maximum Gasteiger partial charge on any atom is 0.239 e. The van der Waals surface area contributed by atoms with Gasteiger partial charge in [0.05, 0.1) is 6.54 Å². The topological polar surface area (TPSA) is 75.4 Å². The summed E-state index contributed by atoms with van der Waals surface area (Å²) in [6.07, 6.45) is 0.246. The highest BCUT2D eigenvalue weighted by molar-refractivity contribution is 5.85. The van der Waals surface area contributed by atoms with Crippen molar-refractivity contribution in [2.24, 2.45) is 5.73 Å². The van der Waals surface area contributed by atoms with Gasteiger partial charge in [0.15, 0.2) is 0 Å². The smallest absolute Gasteiger partial charge is 0.239 e. The van der Waals surface area contributed by atoms with E-state index in [2.05, 4.69) is 5.32 Å². The molecule has 0 saturated carbocycles. The van der Waals surface area contributed by atoms with Crippen LogP contribution >= 0.6 is 0 Å². The second-order valence-electron chi connectivity index (χ2n) is 5.30. The number of hydrogen-bond acceptors (Lipinski definition) is 3. The maximum atomic E-state index is 11.9. The highest BCUT2D eigenvalue weighted by Gasteiger charge is 2.22. The molecule has 0 heterocycles. The van der Waals surface area contributed by atoms with Crippen LogP contribution in [0.5, 0.6) is 0 Å². The van der Waals surface area contributed by atoms with Gasteiger partial charge in [-0.15, -0.1) is 0 Å². The summed E-state index contributed by atoms with van der Waals surface area (Å²) < 4.78 is 0. The van der Waals surface area contributed by atoms with Crippen LogP contribution in [-0.4, -0.2) is 41.4 Å². The van der Waals surface area contributed by atoms with Crippen molar-refractivity contribution < 1.29 is 9.59 Å². The summed E-state index contributed by atoms with van der Waals surface area (Å²) in [5.74, 6) is -0.219. The zero-order chi connectivity index (χ0) is 13.6. The van der Waals surface area contributed by atoms with E-state index in [1.54, 1.807) is 13.8 Å². The molecular formula is C12H25N3O2. The molecule has 0 bridgehead atoms. The van der Waals surface area contributed by atoms with Crippen molar-refractivity contribution >= 4 is 11.8 Å². The summed E-state index contributed by atoms with van der Waals surface area (Å²) in [5.41, 5.74) is 5.25. The molecule has 0 aromatic heterocycles. The number of hydrogen-bond donors (Lipinski definition) is 2. The number of rotatable bonds is 6. The van der Waals surface area contributed by atoms with Gasteiger partial charge in [-0.1, -0.05) is 0 Å². The molecule has 0 aliphatic rings. The Morgan fingerprint density at radius 1 is 1.35 bits per heavy atom. The lowest BCUT2D eigenvalue weighted by Crippen LogP contribution is -2.46. The molecule has 0 aliphatic heterocycles. The summed E-state index contributed by atoms with van der Waals surface area (Å²) in [6.45, 7) is 9.84. The Balaban J connectivity index is 4.33. The summed E-state index contributed by atoms with van der Waals surface area (Å²) in [5, 5.41) is 2.76. The standard InChI is InChI=1S/C12H25N3O2/c1-6-15(8-10(16)14-9(2)3)11(17)7-12(4,5)13/h9H,6-8,13H2,1-5H3,(H,14,16). The van der Waals surface area contributed by atoms with Gasteiger partial charge < -0.3 is 16.0 Å². The molecule has 17 heavy (non-hydrogen) atoms. The second kappa shape index (κ2) is 6.59. The van der Waals surface area contributed by atoms with E-state index in [0.717, 1.165) is 0 Å². The quantitative estimate of drug-likeness (QED) is 0.713. The van der Waals surface area contributed by atoms with E-state index >= 15 is 0 Å². The van der Waals surface area contributed by atoms with Crippen LogP contribution in [0.4, 0.5) is 0 Å². The molecule has 5 nitrogen and oxygen atoms in total. The van der Waals surface area contributed by atoms with Gasteiger partial charge in [0, 0.05) is 24.5 Å². The monoisotopic (exact) mass is 243 g/mol. The Morgan fingerprint density at radius 3 is 2.24 bits per heavy atom. The highest BCUT2D eigenvalue weighted by Crippen LogP contribution is 2.06. The molecule has 3 N–H and O–H groups in total. The fourth-order valence-corrected chi connectivity index (χ4v) is 1.42. The van der Waals surface area contributed by atoms with Crippen molar-refractivity contribution in [2.45, 2.75) is 52.6 Å². The molecule has 0 radical (unpaired) electrons. The van der Waals surface area contributed by atoms with E-state index in [1.165, 1.54) is 4.90 Å². The van der Waals surface area contributed by atoms with Crippen molar-refractivity contribution in [3.8, 4) is 0 Å². The van der Waals surface area contributed by atoms with Crippen LogP contribution in [0.2, 0.25) is 0 Å². The summed E-state index contributed by atoms with van der Waals surface area (Å²) >= 11 is 0. The van der Waals surface area contributed by atoms with Gasteiger partial charge in [0.25, 0.3) is 0 Å². The minimum atomic E-state index is -0.543. The molecule has 0 fully saturated rings. The SMILES string of the molecule is CCN(CC(=O)NC(C)C)C(=O)CC(C)(C)N. The third-order valence-corrected chi connectivity index (χ3v) is 2.13. The summed E-state index contributed by atoms with van der Waals surface area (Å²) in [7, 11) is 0. The third-order valence-electron chi connectivity index (χ3n) is 2.13. The van der Waals surface area contributed by atoms with E-state index in [-0.39, 0.29) is 30.8 Å². The molecular weight excluding hydrogens is 218 g/mol. The molecule has 0 spiro atoms. The number of nitrogens with two attached hydrogens (primary N) is 1. The number of nitrogens with one attached hydrogen (secondary N) is 1. The van der Waals surface area contributed by atoms with Gasteiger partial charge in [-0.2, -0.15) is 0 Å². The van der Waals surface area contributed by atoms with E-state index in [4.69, 9.17) is 5.73 Å². The molecule has 0 aliphatic carbocycles. The number of carbonyl (C=O) groups excluding carboxylic acids is 2. The van der Waals surface area contributed by atoms with Crippen LogP contribution in [0.25, 0.3) is 0 Å². The lowest BCUT2D eigenvalue weighted by Gasteiger charge is -2.25. The van der Waals surface area contributed by atoms with Crippen molar-refractivity contribution in [3.63, 3.8) is 0 Å². The van der Waals surface area contributed by atoms with Gasteiger partial charge >= 0.3 is 0 Å². The zero-order valence-corrected chi connectivity index (χ0v) is 11.5. The average Bonchev–Trinajstić information content (AvgIpc) is 2.09. The molecule has 0 rings (SSSR count). The predicted molar refractivity (Wildman–Crippen MR) is 68.4 cm³/mol. The van der Waals surface area contributed by atoms with Crippen molar-refractivity contribution in [3.05, 3.63) is 0 Å². The minimum absolute atomic E-state index is 0.0843. The first kappa shape index (κ1) is 15.9. The van der Waals surface area contributed by atoms with E-state index in [1.807, 2.05) is 20.8 Å². The largest absolute Gasteiger partial charge is 0.352 e. The van der Waals surface area contributed by atoms with Gasteiger partial charge in [-0.3, -0.25) is 9.59 Å². The van der Waals surface area contributed by atoms with Crippen LogP contribution < -0.4 is 11.1 Å². The molecule has 100 valence electrons. The van der Waals surface area contributed by atoms with Gasteiger partial charge in [-0.05, 0) is 34.6 Å². The van der Waals surface area contributed by atoms with E-state index < -0.39 is 5.54 Å². The first-order chi connectivity index (χ1) is 7.65. The summed E-state index contributed by atoms with van der Waals surface area (Å²) in [4.78, 5) is 25.0. The van der Waals surface area contributed by atoms with Crippen LogP contribution in [0, 0.1) is 0 Å². The maximum absolute atomic E-state index is 11.9. The normalized spacial score (nSPS) is 11.5. The Labute approximate surface area is 104 Å². The van der Waals surface area contributed by atoms with Crippen molar-refractivity contribution in [1.29, 1.82) is 0 Å². The predicted octanol–water partition coefficient (Wildman–Crippen LogP) is 0.487. The second-order valence-corrected chi connectivity index (χ2v) is 5.30. The van der Waals surface area contributed by atoms with Crippen LogP contribution in [-0.2, 0) is 9.59 Å². The highest BCUT2D eigenvalue weighted by atomic mass is 16.2. The van der Waals surface area contributed by atoms with Crippen LogP contribution in [0.3, 0.4) is 0 Å². The molecule has 5 heteroatoms. The number of amides is 2. The Kier molecular flexibility index (Phi) is 6.16. The fraction of sp³-hybridized carbons (Fsp3) is 0.833. The Morgan fingerprint density at radius 2 is 1.88 bits per heavy atom. The molecule has 0 atom stereocenters. The lowest BCUT2D eigenvalue weighted by molar-refractivity contribution is -0.136. The molecule has 0 saturated heterocycles. The van der Waals surface area contributed by atoms with Crippen LogP contribution in [0.15, 0.2) is 0 Å². The fourth-order valence-electron chi connectivity index (χ4n) is 1.42. The Hall–Kier alpha value is -1.10. The minimum Gasteiger partial charge on any atom is -0.352 e.